The van der Waals surface area contributed by atoms with Crippen molar-refractivity contribution in [3.05, 3.63) is 29.8 Å². The fourth-order valence-electron chi connectivity index (χ4n) is 2.34. The molecule has 0 fully saturated rings. The Morgan fingerprint density at radius 3 is 2.31 bits per heavy atom. The lowest BCUT2D eigenvalue weighted by atomic mass is 10.1. The van der Waals surface area contributed by atoms with Crippen LogP contribution in [0.3, 0.4) is 0 Å². The van der Waals surface area contributed by atoms with Crippen molar-refractivity contribution in [1.82, 2.24) is 25.4 Å². The van der Waals surface area contributed by atoms with Gasteiger partial charge in [0, 0.05) is 26.2 Å². The highest BCUT2D eigenvalue weighted by molar-refractivity contribution is 14.0. The lowest BCUT2D eigenvalue weighted by Crippen LogP contribution is -2.37. The zero-order chi connectivity index (χ0) is 18.2. The number of rotatable bonds is 7. The van der Waals surface area contributed by atoms with Gasteiger partial charge in [-0.3, -0.25) is 9.67 Å². The summed E-state index contributed by atoms with van der Waals surface area (Å²) >= 11 is 0. The number of nitrogens with zero attached hydrogens (tertiary/aromatic N) is 4. The topological polar surface area (TPSA) is 94.8 Å². The maximum Gasteiger partial charge on any atom is 0.203 e. The highest BCUT2D eigenvalue weighted by atomic mass is 127. The number of ether oxygens (including phenoxy) is 3. The van der Waals surface area contributed by atoms with Crippen molar-refractivity contribution in [2.75, 3.05) is 28.4 Å². The molecule has 0 saturated heterocycles. The standard InChI is InChI=1S/C16H24N6O3.HI/c1-17-16(19-9-13-20-10-21-22(13)2)18-8-11-6-7-12(23-3)15(25-5)14(11)24-4;/h6-7,10H,8-9H2,1-5H3,(H2,17,18,19);1H. The summed E-state index contributed by atoms with van der Waals surface area (Å²) in [6.45, 7) is 1.02. The number of aliphatic imine (C=N–C) groups is 1. The molecular weight excluding hydrogens is 451 g/mol. The maximum absolute atomic E-state index is 5.48. The van der Waals surface area contributed by atoms with Gasteiger partial charge in [0.15, 0.2) is 17.5 Å². The largest absolute Gasteiger partial charge is 0.493 e. The first-order valence-corrected chi connectivity index (χ1v) is 7.69. The molecule has 144 valence electrons. The summed E-state index contributed by atoms with van der Waals surface area (Å²) < 4.78 is 17.9. The molecule has 9 nitrogen and oxygen atoms in total. The van der Waals surface area contributed by atoms with Gasteiger partial charge in [-0.2, -0.15) is 5.10 Å². The van der Waals surface area contributed by atoms with E-state index in [1.807, 2.05) is 19.2 Å². The third-order valence-electron chi connectivity index (χ3n) is 3.67. The van der Waals surface area contributed by atoms with E-state index in [-0.39, 0.29) is 24.0 Å². The Bertz CT molecular complexity index is 735. The van der Waals surface area contributed by atoms with Crippen molar-refractivity contribution in [3.63, 3.8) is 0 Å². The molecule has 0 unspecified atom stereocenters. The van der Waals surface area contributed by atoms with Crippen molar-refractivity contribution >= 4 is 29.9 Å². The van der Waals surface area contributed by atoms with Crippen LogP contribution in [0.1, 0.15) is 11.4 Å². The number of aryl methyl sites for hydroxylation is 1. The lowest BCUT2D eigenvalue weighted by Gasteiger charge is -2.17. The molecule has 0 amide bonds. The van der Waals surface area contributed by atoms with Gasteiger partial charge in [-0.15, -0.1) is 24.0 Å². The monoisotopic (exact) mass is 476 g/mol. The Morgan fingerprint density at radius 2 is 1.77 bits per heavy atom. The van der Waals surface area contributed by atoms with Crippen LogP contribution >= 0.6 is 24.0 Å². The van der Waals surface area contributed by atoms with Crippen LogP contribution in [-0.4, -0.2) is 49.1 Å². The van der Waals surface area contributed by atoms with Gasteiger partial charge in [0.1, 0.15) is 12.2 Å². The molecule has 10 heteroatoms. The first kappa shape index (κ1) is 21.8. The van der Waals surface area contributed by atoms with Crippen LogP contribution in [0.2, 0.25) is 0 Å². The number of benzene rings is 1. The van der Waals surface area contributed by atoms with E-state index < -0.39 is 0 Å². The third kappa shape index (κ3) is 5.13. The number of halogens is 1. The van der Waals surface area contributed by atoms with Gasteiger partial charge in [0.05, 0.1) is 27.9 Å². The molecule has 1 aromatic heterocycles. The van der Waals surface area contributed by atoms with Crippen LogP contribution in [0.4, 0.5) is 0 Å². The molecule has 1 heterocycles. The highest BCUT2D eigenvalue weighted by Gasteiger charge is 2.16. The Kier molecular flexibility index (Phi) is 8.96. The molecule has 2 N–H and O–H groups in total. The minimum Gasteiger partial charge on any atom is -0.493 e. The van der Waals surface area contributed by atoms with E-state index in [9.17, 15) is 0 Å². The van der Waals surface area contributed by atoms with E-state index in [2.05, 4.69) is 25.7 Å². The fraction of sp³-hybridized carbons (Fsp3) is 0.438. The smallest absolute Gasteiger partial charge is 0.203 e. The summed E-state index contributed by atoms with van der Waals surface area (Å²) in [7, 11) is 8.32. The van der Waals surface area contributed by atoms with Gasteiger partial charge < -0.3 is 24.8 Å². The molecule has 0 bridgehead atoms. The predicted molar refractivity (Wildman–Crippen MR) is 110 cm³/mol. The molecule has 2 rings (SSSR count). The summed E-state index contributed by atoms with van der Waals surface area (Å²) in [5, 5.41) is 10.5. The van der Waals surface area contributed by atoms with Crippen LogP contribution in [0.25, 0.3) is 0 Å². The van der Waals surface area contributed by atoms with Crippen molar-refractivity contribution < 1.29 is 14.2 Å². The summed E-state index contributed by atoms with van der Waals surface area (Å²) in [5.74, 6) is 3.25. The fourth-order valence-corrected chi connectivity index (χ4v) is 2.34. The van der Waals surface area contributed by atoms with Gasteiger partial charge in [-0.25, -0.2) is 4.98 Å². The zero-order valence-corrected chi connectivity index (χ0v) is 17.9. The zero-order valence-electron chi connectivity index (χ0n) is 15.6. The second-order valence-electron chi connectivity index (χ2n) is 5.07. The predicted octanol–water partition coefficient (Wildman–Crippen LogP) is 1.32. The molecule has 0 aliphatic rings. The van der Waals surface area contributed by atoms with E-state index in [0.717, 1.165) is 11.4 Å². The minimum absolute atomic E-state index is 0. The molecule has 0 spiro atoms. The second kappa shape index (κ2) is 10.7. The SMILES string of the molecule is CN=C(NCc1ccc(OC)c(OC)c1OC)NCc1ncnn1C.I. The normalized spacial score (nSPS) is 10.7. The molecule has 0 aliphatic heterocycles. The van der Waals surface area contributed by atoms with Crippen molar-refractivity contribution in [2.45, 2.75) is 13.1 Å². The Balaban J connectivity index is 0.00000338. The van der Waals surface area contributed by atoms with Crippen LogP contribution in [0.5, 0.6) is 17.2 Å². The molecule has 1 aromatic carbocycles. The molecule has 0 saturated carbocycles. The van der Waals surface area contributed by atoms with Gasteiger partial charge in [0.25, 0.3) is 0 Å². The summed E-state index contributed by atoms with van der Waals surface area (Å²) in [6, 6.07) is 3.76. The number of hydrogen-bond donors (Lipinski definition) is 2. The Hall–Kier alpha value is -2.24. The van der Waals surface area contributed by atoms with Gasteiger partial charge in [0.2, 0.25) is 5.75 Å². The summed E-state index contributed by atoms with van der Waals surface area (Å²) in [5.41, 5.74) is 0.918. The number of nitrogens with one attached hydrogen (secondary N) is 2. The minimum atomic E-state index is 0. The van der Waals surface area contributed by atoms with E-state index in [4.69, 9.17) is 14.2 Å². The molecule has 0 radical (unpaired) electrons. The molecule has 0 aliphatic carbocycles. The van der Waals surface area contributed by atoms with Crippen LogP contribution in [0.15, 0.2) is 23.5 Å². The van der Waals surface area contributed by atoms with E-state index in [1.54, 1.807) is 33.1 Å². The number of guanidine groups is 1. The average Bonchev–Trinajstić information content (AvgIpc) is 3.05. The van der Waals surface area contributed by atoms with E-state index in [1.165, 1.54) is 6.33 Å². The molecular formula is C16H25IN6O3. The summed E-state index contributed by atoms with van der Waals surface area (Å²) in [4.78, 5) is 8.37. The Morgan fingerprint density at radius 1 is 1.08 bits per heavy atom. The van der Waals surface area contributed by atoms with Crippen molar-refractivity contribution in [3.8, 4) is 17.2 Å². The second-order valence-corrected chi connectivity index (χ2v) is 5.07. The van der Waals surface area contributed by atoms with Gasteiger partial charge >= 0.3 is 0 Å². The van der Waals surface area contributed by atoms with Crippen molar-refractivity contribution in [1.29, 1.82) is 0 Å². The number of hydrogen-bond acceptors (Lipinski definition) is 6. The van der Waals surface area contributed by atoms with E-state index >= 15 is 0 Å². The molecule has 0 atom stereocenters. The first-order valence-electron chi connectivity index (χ1n) is 7.69. The van der Waals surface area contributed by atoms with Crippen LogP contribution in [0, 0.1) is 0 Å². The highest BCUT2D eigenvalue weighted by Crippen LogP contribution is 2.39. The number of aromatic nitrogens is 3. The van der Waals surface area contributed by atoms with Gasteiger partial charge in [-0.1, -0.05) is 0 Å². The summed E-state index contributed by atoms with van der Waals surface area (Å²) in [6.07, 6.45) is 1.52. The first-order chi connectivity index (χ1) is 12.1. The Labute approximate surface area is 170 Å². The quantitative estimate of drug-likeness (QED) is 0.354. The van der Waals surface area contributed by atoms with E-state index in [0.29, 0.717) is 36.3 Å². The van der Waals surface area contributed by atoms with Crippen molar-refractivity contribution in [2.24, 2.45) is 12.0 Å². The van der Waals surface area contributed by atoms with Crippen LogP contribution < -0.4 is 24.8 Å². The molecule has 26 heavy (non-hydrogen) atoms. The number of methoxy groups -OCH3 is 3. The molecule has 2 aromatic rings. The maximum atomic E-state index is 5.48. The van der Waals surface area contributed by atoms with Crippen LogP contribution in [-0.2, 0) is 20.1 Å². The lowest BCUT2D eigenvalue weighted by molar-refractivity contribution is 0.322. The average molecular weight is 476 g/mol. The third-order valence-corrected chi connectivity index (χ3v) is 3.67. The van der Waals surface area contributed by atoms with Gasteiger partial charge in [-0.05, 0) is 12.1 Å².